The molecule has 10 aromatic rings. The van der Waals surface area contributed by atoms with Crippen LogP contribution >= 0.6 is 0 Å². The van der Waals surface area contributed by atoms with Gasteiger partial charge in [-0.3, -0.25) is 0 Å². The van der Waals surface area contributed by atoms with Crippen LogP contribution in [0.15, 0.2) is 223 Å². The van der Waals surface area contributed by atoms with Crippen molar-refractivity contribution < 1.29 is 4.42 Å². The first kappa shape index (κ1) is 33.7. The number of benzene rings is 9. The van der Waals surface area contributed by atoms with E-state index in [0.29, 0.717) is 0 Å². The fourth-order valence-corrected chi connectivity index (χ4v) is 10.8. The molecule has 2 nitrogen and oxygen atoms in total. The lowest BCUT2D eigenvalue weighted by atomic mass is 9.67. The Balaban J connectivity index is 1.15. The van der Waals surface area contributed by atoms with Crippen LogP contribution in [-0.4, -0.2) is 0 Å². The van der Waals surface area contributed by atoms with Gasteiger partial charge in [-0.2, -0.15) is 0 Å². The van der Waals surface area contributed by atoms with Crippen LogP contribution in [0.2, 0.25) is 0 Å². The molecule has 278 valence electrons. The van der Waals surface area contributed by atoms with E-state index in [9.17, 15) is 0 Å². The molecule has 9 aromatic carbocycles. The Morgan fingerprint density at radius 3 is 1.46 bits per heavy atom. The molecule has 0 amide bonds. The lowest BCUT2D eigenvalue weighted by Gasteiger charge is -2.35. The second kappa shape index (κ2) is 12.8. The highest BCUT2D eigenvalue weighted by atomic mass is 16.3. The van der Waals surface area contributed by atoms with Crippen molar-refractivity contribution in [1.82, 2.24) is 0 Å². The maximum absolute atomic E-state index is 6.87. The Kier molecular flexibility index (Phi) is 7.31. The maximum atomic E-state index is 6.87. The van der Waals surface area contributed by atoms with Gasteiger partial charge < -0.3 is 9.32 Å². The molecular weight excluding hydrogens is 715 g/mol. The normalized spacial score (nSPS) is 14.1. The summed E-state index contributed by atoms with van der Waals surface area (Å²) < 4.78 is 6.87. The third-order valence-electron chi connectivity index (χ3n) is 13.2. The van der Waals surface area contributed by atoms with Gasteiger partial charge in [-0.1, -0.05) is 176 Å². The molecular formula is C57H39NO. The summed E-state index contributed by atoms with van der Waals surface area (Å²) in [6.07, 6.45) is 0. The SMILES string of the molecule is CC1(c2cccc3oc4cccc(N(c5ccccc5)c5ccc6c(c5)C(c5ccccc5)(c5ccccc5)c5ccccc5-6)c4c23)c2ccccc2-c2ccccc21. The van der Waals surface area contributed by atoms with Crippen molar-refractivity contribution in [3.63, 3.8) is 0 Å². The van der Waals surface area contributed by atoms with Crippen LogP contribution in [0.3, 0.4) is 0 Å². The van der Waals surface area contributed by atoms with Gasteiger partial charge in [0, 0.05) is 22.2 Å². The first-order valence-corrected chi connectivity index (χ1v) is 20.5. The van der Waals surface area contributed by atoms with Crippen LogP contribution in [0.25, 0.3) is 44.2 Å². The minimum absolute atomic E-state index is 0.404. The molecule has 0 fully saturated rings. The Bertz CT molecular complexity index is 3150. The van der Waals surface area contributed by atoms with E-state index < -0.39 is 10.8 Å². The van der Waals surface area contributed by atoms with Crippen molar-refractivity contribution in [3.8, 4) is 22.3 Å². The quantitative estimate of drug-likeness (QED) is 0.168. The van der Waals surface area contributed by atoms with Gasteiger partial charge >= 0.3 is 0 Å². The molecule has 0 bridgehead atoms. The molecule has 0 N–H and O–H groups in total. The Morgan fingerprint density at radius 2 is 0.831 bits per heavy atom. The predicted octanol–water partition coefficient (Wildman–Crippen LogP) is 14.8. The Morgan fingerprint density at radius 1 is 0.356 bits per heavy atom. The molecule has 0 aliphatic heterocycles. The van der Waals surface area contributed by atoms with Crippen LogP contribution in [0.5, 0.6) is 0 Å². The van der Waals surface area contributed by atoms with Crippen molar-refractivity contribution in [2.45, 2.75) is 17.8 Å². The van der Waals surface area contributed by atoms with Crippen LogP contribution in [0.1, 0.15) is 45.9 Å². The van der Waals surface area contributed by atoms with Crippen molar-refractivity contribution in [2.75, 3.05) is 4.90 Å². The van der Waals surface area contributed by atoms with Crippen molar-refractivity contribution in [1.29, 1.82) is 0 Å². The van der Waals surface area contributed by atoms with E-state index in [1.807, 2.05) is 0 Å². The van der Waals surface area contributed by atoms with Crippen LogP contribution in [-0.2, 0) is 10.8 Å². The number of hydrogen-bond donors (Lipinski definition) is 0. The van der Waals surface area contributed by atoms with E-state index in [-0.39, 0.29) is 0 Å². The Labute approximate surface area is 344 Å². The molecule has 12 rings (SSSR count). The average Bonchev–Trinajstić information content (AvgIpc) is 3.93. The lowest BCUT2D eigenvalue weighted by Crippen LogP contribution is -2.28. The Hall–Kier alpha value is -7.42. The highest BCUT2D eigenvalue weighted by Gasteiger charge is 2.47. The maximum Gasteiger partial charge on any atom is 0.137 e. The van der Waals surface area contributed by atoms with Gasteiger partial charge in [0.05, 0.1) is 16.5 Å². The van der Waals surface area contributed by atoms with Gasteiger partial charge in [0.2, 0.25) is 0 Å². The van der Waals surface area contributed by atoms with Crippen LogP contribution in [0, 0.1) is 0 Å². The minimum Gasteiger partial charge on any atom is -0.456 e. The van der Waals surface area contributed by atoms with Gasteiger partial charge in [0.15, 0.2) is 0 Å². The standard InChI is InChI=1S/C57H39NO/c1-56(46-28-14-11-25-42(46)43-26-12-15-29-47(43)56)49-31-17-33-52-54(49)55-51(32-18-34-53(55)59-52)58(40-23-9-4-10-24-40)41-35-36-45-44-27-13-16-30-48(44)57(50(45)37-41,38-19-5-2-6-20-38)39-21-7-3-8-22-39/h2-37H,1H3. The van der Waals surface area contributed by atoms with E-state index >= 15 is 0 Å². The number of nitrogens with zero attached hydrogens (tertiary/aromatic N) is 1. The number of para-hydroxylation sites is 1. The fraction of sp³-hybridized carbons (Fsp3) is 0.0526. The molecule has 2 heteroatoms. The van der Waals surface area contributed by atoms with Crippen molar-refractivity contribution >= 4 is 39.0 Å². The summed E-state index contributed by atoms with van der Waals surface area (Å²) in [5.41, 5.74) is 18.1. The minimum atomic E-state index is -0.522. The molecule has 1 heterocycles. The number of furan rings is 1. The topological polar surface area (TPSA) is 16.4 Å². The van der Waals surface area contributed by atoms with E-state index in [1.54, 1.807) is 0 Å². The van der Waals surface area contributed by atoms with E-state index in [4.69, 9.17) is 4.42 Å². The van der Waals surface area contributed by atoms with Crippen molar-refractivity contribution in [3.05, 3.63) is 257 Å². The van der Waals surface area contributed by atoms with E-state index in [2.05, 4.69) is 230 Å². The van der Waals surface area contributed by atoms with E-state index in [0.717, 1.165) is 39.0 Å². The molecule has 0 unspecified atom stereocenters. The molecule has 0 atom stereocenters. The predicted molar refractivity (Wildman–Crippen MR) is 243 cm³/mol. The third-order valence-corrected chi connectivity index (χ3v) is 13.2. The molecule has 0 saturated carbocycles. The number of fused-ring (bicyclic) bond motifs is 9. The summed E-state index contributed by atoms with van der Waals surface area (Å²) >= 11 is 0. The summed E-state index contributed by atoms with van der Waals surface area (Å²) in [6.45, 7) is 2.40. The molecule has 0 spiro atoms. The molecule has 2 aliphatic carbocycles. The molecule has 0 radical (unpaired) electrons. The van der Waals surface area contributed by atoms with Gasteiger partial charge in [0.1, 0.15) is 11.2 Å². The highest BCUT2D eigenvalue weighted by Crippen LogP contribution is 2.59. The highest BCUT2D eigenvalue weighted by molar-refractivity contribution is 6.15. The summed E-state index contributed by atoms with van der Waals surface area (Å²) in [5, 5.41) is 2.25. The van der Waals surface area contributed by atoms with E-state index in [1.165, 1.54) is 61.2 Å². The molecule has 1 aromatic heterocycles. The average molecular weight is 754 g/mol. The third kappa shape index (κ3) is 4.63. The zero-order valence-corrected chi connectivity index (χ0v) is 32.6. The smallest absolute Gasteiger partial charge is 0.137 e. The zero-order valence-electron chi connectivity index (χ0n) is 32.6. The fourth-order valence-electron chi connectivity index (χ4n) is 10.8. The number of anilines is 3. The summed E-state index contributed by atoms with van der Waals surface area (Å²) in [7, 11) is 0. The number of rotatable bonds is 6. The summed E-state index contributed by atoms with van der Waals surface area (Å²) in [5.74, 6) is 0. The van der Waals surface area contributed by atoms with Crippen LogP contribution in [0.4, 0.5) is 17.1 Å². The first-order valence-electron chi connectivity index (χ1n) is 20.5. The van der Waals surface area contributed by atoms with Gasteiger partial charge in [-0.05, 0) is 111 Å². The van der Waals surface area contributed by atoms with Gasteiger partial charge in [-0.15, -0.1) is 0 Å². The second-order valence-electron chi connectivity index (χ2n) is 16.1. The lowest BCUT2D eigenvalue weighted by molar-refractivity contribution is 0.666. The monoisotopic (exact) mass is 753 g/mol. The van der Waals surface area contributed by atoms with Gasteiger partial charge in [-0.25, -0.2) is 0 Å². The molecule has 2 aliphatic rings. The summed E-state index contributed by atoms with van der Waals surface area (Å²) in [4.78, 5) is 2.44. The first-order chi connectivity index (χ1) is 29.2. The van der Waals surface area contributed by atoms with Crippen molar-refractivity contribution in [2.24, 2.45) is 0 Å². The molecule has 0 saturated heterocycles. The van der Waals surface area contributed by atoms with Crippen LogP contribution < -0.4 is 4.90 Å². The largest absolute Gasteiger partial charge is 0.456 e. The number of hydrogen-bond acceptors (Lipinski definition) is 2. The second-order valence-corrected chi connectivity index (χ2v) is 16.1. The zero-order chi connectivity index (χ0) is 39.1. The van der Waals surface area contributed by atoms with Gasteiger partial charge in [0.25, 0.3) is 0 Å². The summed E-state index contributed by atoms with van der Waals surface area (Å²) in [6, 6.07) is 79.9. The molecule has 59 heavy (non-hydrogen) atoms.